The van der Waals surface area contributed by atoms with E-state index in [1.165, 1.54) is 23.2 Å². The van der Waals surface area contributed by atoms with E-state index in [1.807, 2.05) is 18.2 Å². The maximum atomic E-state index is 13.9. The average Bonchev–Trinajstić information content (AvgIpc) is 2.65. The number of rotatable bonds is 5. The van der Waals surface area contributed by atoms with E-state index in [4.69, 9.17) is 16.3 Å². The number of amides is 1. The summed E-state index contributed by atoms with van der Waals surface area (Å²) in [6, 6.07) is 16.7. The number of halogens is 2. The van der Waals surface area contributed by atoms with Gasteiger partial charge in [0, 0.05) is 42.0 Å². The first-order chi connectivity index (χ1) is 12.5. The predicted molar refractivity (Wildman–Crippen MR) is 98.0 cm³/mol. The smallest absolute Gasteiger partial charge is 0.254 e. The van der Waals surface area contributed by atoms with Crippen LogP contribution in [0, 0.1) is 5.82 Å². The molecule has 0 aliphatic rings. The van der Waals surface area contributed by atoms with E-state index in [0.29, 0.717) is 17.2 Å². The van der Waals surface area contributed by atoms with E-state index in [1.54, 1.807) is 37.4 Å². The van der Waals surface area contributed by atoms with Crippen molar-refractivity contribution in [2.75, 3.05) is 7.05 Å². The summed E-state index contributed by atoms with van der Waals surface area (Å²) >= 11 is 6.03. The molecule has 3 rings (SSSR count). The minimum atomic E-state index is -0.444. The molecule has 0 unspecified atom stereocenters. The van der Waals surface area contributed by atoms with Gasteiger partial charge in [0.15, 0.2) is 0 Å². The molecule has 0 spiro atoms. The Morgan fingerprint density at radius 1 is 1.15 bits per heavy atom. The molecule has 0 fully saturated rings. The summed E-state index contributed by atoms with van der Waals surface area (Å²) < 4.78 is 19.6. The van der Waals surface area contributed by atoms with Gasteiger partial charge in [0.1, 0.15) is 11.6 Å². The molecule has 1 aromatic heterocycles. The number of aromatic nitrogens is 1. The zero-order valence-corrected chi connectivity index (χ0v) is 14.8. The van der Waals surface area contributed by atoms with Crippen molar-refractivity contribution in [3.8, 4) is 11.6 Å². The van der Waals surface area contributed by atoms with Gasteiger partial charge < -0.3 is 9.64 Å². The predicted octanol–water partition coefficient (Wildman–Crippen LogP) is 4.94. The Labute approximate surface area is 155 Å². The lowest BCUT2D eigenvalue weighted by atomic mass is 10.1. The number of nitrogens with zero attached hydrogens (tertiary/aromatic N) is 2. The van der Waals surface area contributed by atoms with Gasteiger partial charge in [-0.15, -0.1) is 0 Å². The Hall–Kier alpha value is -2.92. The number of para-hydroxylation sites is 1. The summed E-state index contributed by atoms with van der Waals surface area (Å²) in [4.78, 5) is 18.2. The number of ether oxygens (including phenoxy) is 1. The SMILES string of the molecule is CN(Cc1c(F)cccc1Cl)C(=O)c1ccnc(Oc2ccccc2)c1. The fourth-order valence-corrected chi connectivity index (χ4v) is 2.64. The topological polar surface area (TPSA) is 42.4 Å². The average molecular weight is 371 g/mol. The van der Waals surface area contributed by atoms with Crippen molar-refractivity contribution < 1.29 is 13.9 Å². The fourth-order valence-electron chi connectivity index (χ4n) is 2.42. The van der Waals surface area contributed by atoms with Crippen LogP contribution >= 0.6 is 11.6 Å². The van der Waals surface area contributed by atoms with Gasteiger partial charge in [-0.3, -0.25) is 4.79 Å². The number of carbonyl (C=O) groups is 1. The van der Waals surface area contributed by atoms with Crippen LogP contribution in [0.1, 0.15) is 15.9 Å². The molecule has 2 aromatic carbocycles. The Bertz CT molecular complexity index is 898. The van der Waals surface area contributed by atoms with Crippen LogP contribution in [0.4, 0.5) is 4.39 Å². The highest BCUT2D eigenvalue weighted by Gasteiger charge is 2.17. The third-order valence-corrected chi connectivity index (χ3v) is 4.11. The van der Waals surface area contributed by atoms with Crippen LogP contribution in [-0.2, 0) is 6.54 Å². The van der Waals surface area contributed by atoms with Crippen LogP contribution in [0.15, 0.2) is 66.9 Å². The second-order valence-electron chi connectivity index (χ2n) is 5.66. The second-order valence-corrected chi connectivity index (χ2v) is 6.07. The summed E-state index contributed by atoms with van der Waals surface area (Å²) in [5.41, 5.74) is 0.667. The lowest BCUT2D eigenvalue weighted by Gasteiger charge is -2.18. The quantitative estimate of drug-likeness (QED) is 0.639. The van der Waals surface area contributed by atoms with Gasteiger partial charge in [-0.05, 0) is 30.3 Å². The highest BCUT2D eigenvalue weighted by Crippen LogP contribution is 2.23. The third-order valence-electron chi connectivity index (χ3n) is 3.75. The van der Waals surface area contributed by atoms with E-state index >= 15 is 0 Å². The van der Waals surface area contributed by atoms with Crippen molar-refractivity contribution >= 4 is 17.5 Å². The number of hydrogen-bond donors (Lipinski definition) is 0. The minimum absolute atomic E-state index is 0.0571. The Morgan fingerprint density at radius 3 is 2.65 bits per heavy atom. The maximum Gasteiger partial charge on any atom is 0.254 e. The van der Waals surface area contributed by atoms with E-state index in [9.17, 15) is 9.18 Å². The Balaban J connectivity index is 1.76. The highest BCUT2D eigenvalue weighted by molar-refractivity contribution is 6.31. The molecule has 1 heterocycles. The van der Waals surface area contributed by atoms with Gasteiger partial charge in [0.2, 0.25) is 5.88 Å². The number of carbonyl (C=O) groups excluding carboxylic acids is 1. The van der Waals surface area contributed by atoms with E-state index in [0.717, 1.165) is 0 Å². The number of pyridine rings is 1. The summed E-state index contributed by atoms with van der Waals surface area (Å²) in [5.74, 6) is 0.195. The van der Waals surface area contributed by atoms with Gasteiger partial charge in [-0.2, -0.15) is 0 Å². The standard InChI is InChI=1S/C20H16ClFN2O2/c1-24(13-16-17(21)8-5-9-18(16)22)20(25)14-10-11-23-19(12-14)26-15-6-3-2-4-7-15/h2-12H,13H2,1H3. The van der Waals surface area contributed by atoms with Crippen LogP contribution < -0.4 is 4.74 Å². The molecular formula is C20H16ClFN2O2. The summed E-state index contributed by atoms with van der Waals surface area (Å²) in [6.07, 6.45) is 1.50. The van der Waals surface area contributed by atoms with Crippen LogP contribution in [0.5, 0.6) is 11.6 Å². The van der Waals surface area contributed by atoms with Crippen molar-refractivity contribution in [2.24, 2.45) is 0 Å². The van der Waals surface area contributed by atoms with Crippen molar-refractivity contribution in [3.63, 3.8) is 0 Å². The highest BCUT2D eigenvalue weighted by atomic mass is 35.5. The van der Waals surface area contributed by atoms with E-state index in [-0.39, 0.29) is 23.0 Å². The largest absolute Gasteiger partial charge is 0.439 e. The lowest BCUT2D eigenvalue weighted by molar-refractivity contribution is 0.0783. The molecule has 0 N–H and O–H groups in total. The molecule has 0 aliphatic heterocycles. The van der Waals surface area contributed by atoms with Gasteiger partial charge >= 0.3 is 0 Å². The number of benzene rings is 2. The summed E-state index contributed by atoms with van der Waals surface area (Å²) in [5, 5.41) is 0.285. The molecule has 26 heavy (non-hydrogen) atoms. The molecule has 4 nitrogen and oxygen atoms in total. The molecule has 0 saturated heterocycles. The van der Waals surface area contributed by atoms with E-state index < -0.39 is 5.82 Å². The molecule has 0 bridgehead atoms. The normalized spacial score (nSPS) is 10.4. The first-order valence-electron chi connectivity index (χ1n) is 7.92. The zero-order chi connectivity index (χ0) is 18.5. The van der Waals surface area contributed by atoms with Gasteiger partial charge in [-0.25, -0.2) is 9.37 Å². The zero-order valence-electron chi connectivity index (χ0n) is 14.0. The molecule has 3 aromatic rings. The molecule has 6 heteroatoms. The monoisotopic (exact) mass is 370 g/mol. The molecule has 132 valence electrons. The van der Waals surface area contributed by atoms with Crippen molar-refractivity contribution in [1.29, 1.82) is 0 Å². The van der Waals surface area contributed by atoms with Crippen molar-refractivity contribution in [2.45, 2.75) is 6.54 Å². The fraction of sp³-hybridized carbons (Fsp3) is 0.100. The van der Waals surface area contributed by atoms with Gasteiger partial charge in [-0.1, -0.05) is 35.9 Å². The second kappa shape index (κ2) is 7.97. The van der Waals surface area contributed by atoms with Gasteiger partial charge in [0.25, 0.3) is 5.91 Å². The first kappa shape index (κ1) is 17.9. The molecule has 1 amide bonds. The third kappa shape index (κ3) is 4.18. The summed E-state index contributed by atoms with van der Waals surface area (Å²) in [7, 11) is 1.59. The molecule has 0 radical (unpaired) electrons. The van der Waals surface area contributed by atoms with Gasteiger partial charge in [0.05, 0.1) is 0 Å². The van der Waals surface area contributed by atoms with Crippen LogP contribution in [0.25, 0.3) is 0 Å². The Morgan fingerprint density at radius 2 is 1.92 bits per heavy atom. The Kier molecular flexibility index (Phi) is 5.49. The maximum absolute atomic E-state index is 13.9. The van der Waals surface area contributed by atoms with Crippen molar-refractivity contribution in [3.05, 3.63) is 88.8 Å². The molecule has 0 saturated carbocycles. The lowest BCUT2D eigenvalue weighted by Crippen LogP contribution is -2.26. The van der Waals surface area contributed by atoms with Crippen LogP contribution in [0.2, 0.25) is 5.02 Å². The molecule has 0 aliphatic carbocycles. The first-order valence-corrected chi connectivity index (χ1v) is 8.29. The molecule has 0 atom stereocenters. The van der Waals surface area contributed by atoms with Crippen LogP contribution in [0.3, 0.4) is 0 Å². The van der Waals surface area contributed by atoms with Crippen molar-refractivity contribution in [1.82, 2.24) is 9.88 Å². The summed E-state index contributed by atoms with van der Waals surface area (Å²) in [6.45, 7) is 0.0571. The molecular weight excluding hydrogens is 355 g/mol. The number of hydrogen-bond acceptors (Lipinski definition) is 3. The van der Waals surface area contributed by atoms with Crippen LogP contribution in [-0.4, -0.2) is 22.8 Å². The minimum Gasteiger partial charge on any atom is -0.439 e. The van der Waals surface area contributed by atoms with E-state index in [2.05, 4.69) is 4.98 Å².